The molecule has 0 amide bonds. The van der Waals surface area contributed by atoms with Crippen LogP contribution in [0.25, 0.3) is 0 Å². The summed E-state index contributed by atoms with van der Waals surface area (Å²) in [6.07, 6.45) is 114. The molecular formula is C83H136NO8P. The molecule has 0 rings (SSSR count). The second kappa shape index (κ2) is 76.1. The fourth-order valence-electron chi connectivity index (χ4n) is 9.87. The molecular weight excluding hydrogens is 1170 g/mol. The van der Waals surface area contributed by atoms with Gasteiger partial charge in [0, 0.05) is 19.4 Å². The number of esters is 2. The smallest absolute Gasteiger partial charge is 0.462 e. The number of phosphoric ester groups is 1. The van der Waals surface area contributed by atoms with E-state index in [1.165, 1.54) is 135 Å². The number of hydrogen-bond donors (Lipinski definition) is 2. The molecule has 0 radical (unpaired) electrons. The van der Waals surface area contributed by atoms with Gasteiger partial charge in [-0.25, -0.2) is 4.57 Å². The van der Waals surface area contributed by atoms with Crippen LogP contribution in [0, 0.1) is 0 Å². The van der Waals surface area contributed by atoms with Gasteiger partial charge in [0.05, 0.1) is 13.2 Å². The molecule has 9 nitrogen and oxygen atoms in total. The van der Waals surface area contributed by atoms with Crippen molar-refractivity contribution in [2.75, 3.05) is 26.4 Å². The van der Waals surface area contributed by atoms with Gasteiger partial charge in [0.1, 0.15) is 6.61 Å². The van der Waals surface area contributed by atoms with Crippen molar-refractivity contribution < 1.29 is 37.6 Å². The molecule has 3 N–H and O–H groups in total. The molecule has 0 saturated heterocycles. The van der Waals surface area contributed by atoms with Crippen LogP contribution in [0.2, 0.25) is 0 Å². The minimum absolute atomic E-state index is 0.0383. The Hall–Kier alpha value is -4.89. The second-order valence-electron chi connectivity index (χ2n) is 24.0. The van der Waals surface area contributed by atoms with E-state index in [-0.39, 0.29) is 32.6 Å². The molecule has 0 spiro atoms. The second-order valence-corrected chi connectivity index (χ2v) is 25.5. The third-order valence-electron chi connectivity index (χ3n) is 15.3. The molecule has 10 heteroatoms. The third kappa shape index (κ3) is 76.0. The SMILES string of the molecule is CC/C=C\C/C=C\C/C=C\C/C=C\C/C=C\C/C=C\C/C=C\C/C=C\C/C=C\C/C=C\CCCCC(=O)OC(COC(=O)CCCCCCCCCCCCCCCCCCCCCCCCC/C=C\C/C=C\C/C=C\C/C=C\C/C=C\CC)COP(=O)(O)OCCN. The first-order chi connectivity index (χ1) is 45.8. The van der Waals surface area contributed by atoms with E-state index in [0.29, 0.717) is 6.42 Å². The minimum atomic E-state index is -4.42. The maximum Gasteiger partial charge on any atom is 0.472 e. The highest BCUT2D eigenvalue weighted by Gasteiger charge is 2.26. The first kappa shape index (κ1) is 88.1. The molecule has 2 atom stereocenters. The summed E-state index contributed by atoms with van der Waals surface area (Å²) in [6.45, 7) is 3.47. The van der Waals surface area contributed by atoms with E-state index in [1.807, 2.05) is 0 Å². The number of allylic oxidation sites excluding steroid dienone is 30. The number of ether oxygens (including phenoxy) is 2. The zero-order valence-electron chi connectivity index (χ0n) is 59.2. The maximum absolute atomic E-state index is 12.8. The fraction of sp³-hybridized carbons (Fsp3) is 0.614. The van der Waals surface area contributed by atoms with Crippen LogP contribution in [0.4, 0.5) is 0 Å². The predicted octanol–water partition coefficient (Wildman–Crippen LogP) is 25.1. The van der Waals surface area contributed by atoms with E-state index in [4.69, 9.17) is 24.3 Å². The Bertz CT molecular complexity index is 2180. The Morgan fingerprint density at radius 3 is 0.849 bits per heavy atom. The molecule has 0 aliphatic heterocycles. The van der Waals surface area contributed by atoms with Crippen molar-refractivity contribution in [3.63, 3.8) is 0 Å². The van der Waals surface area contributed by atoms with Gasteiger partial charge in [-0.15, -0.1) is 0 Å². The molecule has 0 aromatic heterocycles. The molecule has 0 aliphatic carbocycles. The number of nitrogens with two attached hydrogens (primary N) is 1. The normalized spacial score (nSPS) is 14.0. The molecule has 0 fully saturated rings. The highest BCUT2D eigenvalue weighted by molar-refractivity contribution is 7.47. The lowest BCUT2D eigenvalue weighted by atomic mass is 10.0. The predicted molar refractivity (Wildman–Crippen MR) is 403 cm³/mol. The molecule has 0 saturated carbocycles. The van der Waals surface area contributed by atoms with E-state index in [9.17, 15) is 19.0 Å². The summed E-state index contributed by atoms with van der Waals surface area (Å²) in [5.41, 5.74) is 5.40. The van der Waals surface area contributed by atoms with Crippen LogP contribution in [-0.4, -0.2) is 49.3 Å². The van der Waals surface area contributed by atoms with Crippen molar-refractivity contribution in [1.29, 1.82) is 0 Å². The van der Waals surface area contributed by atoms with Crippen LogP contribution in [0.15, 0.2) is 182 Å². The standard InChI is InChI=1S/C83H136NO8P/c1-3-5-7-9-11-13-15-17-19-21-23-25-27-29-31-33-35-37-38-39-40-41-42-44-45-47-49-51-53-55-57-59-61-63-65-67-69-71-73-75-82(85)89-79-81(80-91-93(87,88)90-78-77-84)92-83(86)76-74-72-70-68-66-64-62-60-58-56-54-52-50-48-46-43-36-34-32-30-28-26-24-22-20-18-16-14-12-10-8-6-4-2/h5-8,11-14,17-20,23-26,29-32,36,43,48,50,54,56,60,62,66,68,81H,3-4,9-10,15-16,21-22,27-28,33-35,37-42,44-47,49,51-53,55,57-59,61,63-65,67,69-80,84H2,1-2H3,(H,87,88)/b7-5-,8-6-,13-11-,14-12-,19-17-,20-18-,25-23-,26-24-,31-29-,32-30-,43-36-,50-48-,56-54-,62-60-,68-66-. The van der Waals surface area contributed by atoms with Gasteiger partial charge in [-0.05, 0) is 135 Å². The molecule has 0 heterocycles. The summed E-state index contributed by atoms with van der Waals surface area (Å²) in [7, 11) is -4.42. The number of carbonyl (C=O) groups excluding carboxylic acids is 2. The molecule has 0 aliphatic rings. The zero-order chi connectivity index (χ0) is 67.2. The van der Waals surface area contributed by atoms with Gasteiger partial charge in [0.25, 0.3) is 0 Å². The molecule has 0 bridgehead atoms. The van der Waals surface area contributed by atoms with Crippen LogP contribution in [-0.2, 0) is 32.7 Å². The monoisotopic (exact) mass is 1310 g/mol. The van der Waals surface area contributed by atoms with Gasteiger partial charge in [0.15, 0.2) is 6.10 Å². The third-order valence-corrected chi connectivity index (χ3v) is 16.3. The first-order valence-electron chi connectivity index (χ1n) is 37.3. The number of carbonyl (C=O) groups is 2. The summed E-state index contributed by atoms with van der Waals surface area (Å²) in [5, 5.41) is 0. The summed E-state index contributed by atoms with van der Waals surface area (Å²) < 4.78 is 33.2. The Labute approximate surface area is 571 Å². The molecule has 0 aromatic rings. The molecule has 2 unspecified atom stereocenters. The van der Waals surface area contributed by atoms with E-state index in [0.717, 1.165) is 128 Å². The van der Waals surface area contributed by atoms with Gasteiger partial charge in [-0.3, -0.25) is 18.6 Å². The Morgan fingerprint density at radius 2 is 0.559 bits per heavy atom. The number of rotatable bonds is 68. The number of hydrogen-bond acceptors (Lipinski definition) is 8. The Balaban J connectivity index is 3.94. The first-order valence-corrected chi connectivity index (χ1v) is 38.8. The van der Waals surface area contributed by atoms with Gasteiger partial charge in [-0.2, -0.15) is 0 Å². The average molecular weight is 1310 g/mol. The number of phosphoric acid groups is 1. The van der Waals surface area contributed by atoms with Crippen LogP contribution in [0.1, 0.15) is 296 Å². The van der Waals surface area contributed by atoms with Crippen LogP contribution in [0.3, 0.4) is 0 Å². The topological polar surface area (TPSA) is 134 Å². The molecule has 93 heavy (non-hydrogen) atoms. The zero-order valence-corrected chi connectivity index (χ0v) is 60.1. The van der Waals surface area contributed by atoms with Gasteiger partial charge in [-0.1, -0.05) is 331 Å². The van der Waals surface area contributed by atoms with Gasteiger partial charge in [0.2, 0.25) is 0 Å². The Kier molecular flexibility index (Phi) is 72.1. The lowest BCUT2D eigenvalue weighted by Gasteiger charge is -2.19. The van der Waals surface area contributed by atoms with Crippen LogP contribution in [0.5, 0.6) is 0 Å². The van der Waals surface area contributed by atoms with Gasteiger partial charge < -0.3 is 20.1 Å². The highest BCUT2D eigenvalue weighted by Crippen LogP contribution is 2.43. The van der Waals surface area contributed by atoms with E-state index >= 15 is 0 Å². The van der Waals surface area contributed by atoms with Crippen molar-refractivity contribution in [3.8, 4) is 0 Å². The summed E-state index contributed by atoms with van der Waals surface area (Å²) in [6, 6.07) is 0. The van der Waals surface area contributed by atoms with E-state index in [2.05, 4.69) is 196 Å². The highest BCUT2D eigenvalue weighted by atomic mass is 31.2. The Morgan fingerprint density at radius 1 is 0.323 bits per heavy atom. The van der Waals surface area contributed by atoms with E-state index < -0.39 is 32.5 Å². The quantitative estimate of drug-likeness (QED) is 0.0264. The average Bonchev–Trinajstić information content (AvgIpc) is 3.32. The number of unbranched alkanes of at least 4 members (excludes halogenated alkanes) is 25. The summed E-state index contributed by atoms with van der Waals surface area (Å²) >= 11 is 0. The summed E-state index contributed by atoms with van der Waals surface area (Å²) in [4.78, 5) is 35.4. The fourth-order valence-corrected chi connectivity index (χ4v) is 10.6. The lowest BCUT2D eigenvalue weighted by Crippen LogP contribution is -2.29. The largest absolute Gasteiger partial charge is 0.472 e. The van der Waals surface area contributed by atoms with Crippen molar-refractivity contribution in [3.05, 3.63) is 182 Å². The maximum atomic E-state index is 12.8. The van der Waals surface area contributed by atoms with Gasteiger partial charge >= 0.3 is 19.8 Å². The minimum Gasteiger partial charge on any atom is -0.462 e. The lowest BCUT2D eigenvalue weighted by molar-refractivity contribution is -0.161. The van der Waals surface area contributed by atoms with Crippen molar-refractivity contribution in [1.82, 2.24) is 0 Å². The van der Waals surface area contributed by atoms with E-state index in [1.54, 1.807) is 0 Å². The summed E-state index contributed by atoms with van der Waals surface area (Å²) in [5.74, 6) is -0.882. The van der Waals surface area contributed by atoms with Crippen molar-refractivity contribution >= 4 is 19.8 Å². The van der Waals surface area contributed by atoms with Crippen LogP contribution < -0.4 is 5.73 Å². The van der Waals surface area contributed by atoms with Crippen molar-refractivity contribution in [2.45, 2.75) is 302 Å². The molecule has 0 aromatic carbocycles. The molecule has 526 valence electrons. The van der Waals surface area contributed by atoms with Crippen molar-refractivity contribution in [2.24, 2.45) is 5.73 Å². The van der Waals surface area contributed by atoms with Crippen LogP contribution >= 0.6 is 7.82 Å².